The zero-order valence-electron chi connectivity index (χ0n) is 9.50. The van der Waals surface area contributed by atoms with Gasteiger partial charge in [-0.05, 0) is 19.1 Å². The van der Waals surface area contributed by atoms with Gasteiger partial charge < -0.3 is 15.3 Å². The number of aliphatic imine (C=N–C) groups is 1. The van der Waals surface area contributed by atoms with Crippen molar-refractivity contribution in [1.82, 2.24) is 0 Å². The quantitative estimate of drug-likeness (QED) is 0.565. The van der Waals surface area contributed by atoms with Crippen LogP contribution in [0.25, 0.3) is 0 Å². The van der Waals surface area contributed by atoms with E-state index in [0.29, 0.717) is 12.1 Å². The Morgan fingerprint density at radius 2 is 1.81 bits per heavy atom. The second-order valence-electron chi connectivity index (χ2n) is 2.63. The maximum Gasteiger partial charge on any atom is 0.124 e. The van der Waals surface area contributed by atoms with Crippen LogP contribution in [0.15, 0.2) is 29.3 Å². The number of para-hydroxylation sites is 1. The van der Waals surface area contributed by atoms with Crippen LogP contribution < -0.4 is 0 Å². The van der Waals surface area contributed by atoms with Crippen LogP contribution in [0.5, 0.6) is 5.75 Å². The van der Waals surface area contributed by atoms with E-state index >= 15 is 0 Å². The van der Waals surface area contributed by atoms with Crippen molar-refractivity contribution >= 4 is 6.21 Å². The molecule has 0 saturated carbocycles. The molecule has 86 valence electrons. The molecular weight excluding hydrogens is 260 g/mol. The fraction of sp³-hybridized carbons (Fsp3) is 0.364. The van der Waals surface area contributed by atoms with Gasteiger partial charge in [-0.1, -0.05) is 12.1 Å². The Morgan fingerprint density at radius 1 is 1.25 bits per heavy atom. The maximum atomic E-state index is 9.26. The minimum absolute atomic E-state index is 0. The van der Waals surface area contributed by atoms with Crippen molar-refractivity contribution in [2.75, 3.05) is 19.8 Å². The van der Waals surface area contributed by atoms with Crippen LogP contribution in [0.3, 0.4) is 0 Å². The Morgan fingerprint density at radius 3 is 2.31 bits per heavy atom. The molecule has 0 spiro atoms. The summed E-state index contributed by atoms with van der Waals surface area (Å²) in [7, 11) is 0. The molecule has 0 aliphatic rings. The summed E-state index contributed by atoms with van der Waals surface area (Å²) in [5, 5.41) is 25.3. The first kappa shape index (κ1) is 17.6. The van der Waals surface area contributed by atoms with Gasteiger partial charge in [0, 0.05) is 37.9 Å². The number of benzene rings is 1. The molecular formula is C11H17NO3Zn. The zero-order valence-corrected chi connectivity index (χ0v) is 12.5. The number of aliphatic hydroxyl groups excluding tert-OH is 2. The molecule has 16 heavy (non-hydrogen) atoms. The molecule has 1 rings (SSSR count). The van der Waals surface area contributed by atoms with Gasteiger partial charge in [-0.3, -0.25) is 4.99 Å². The molecule has 5 heteroatoms. The molecule has 0 radical (unpaired) electrons. The maximum absolute atomic E-state index is 9.26. The van der Waals surface area contributed by atoms with Crippen LogP contribution in [0, 0.1) is 0 Å². The monoisotopic (exact) mass is 275 g/mol. The molecule has 0 heterocycles. The van der Waals surface area contributed by atoms with E-state index in [1.54, 1.807) is 31.3 Å². The Bertz CT molecular complexity index is 292. The van der Waals surface area contributed by atoms with E-state index in [-0.39, 0.29) is 38.4 Å². The van der Waals surface area contributed by atoms with Gasteiger partial charge in [0.05, 0.1) is 13.2 Å². The fourth-order valence-electron chi connectivity index (χ4n) is 0.817. The molecule has 1 aromatic carbocycles. The standard InChI is InChI=1S/C9H11NO2.C2H6O.Zn/c11-6-5-10-7-8-3-1-2-4-9(8)12;1-2-3;/h1-4,7,11-12H,5-6H2;3H,2H2,1H3;. The van der Waals surface area contributed by atoms with Crippen LogP contribution in [0.2, 0.25) is 0 Å². The first-order valence-electron chi connectivity index (χ1n) is 4.75. The number of phenolic OH excluding ortho intramolecular Hbond substituents is 1. The van der Waals surface area contributed by atoms with Crippen molar-refractivity contribution in [2.45, 2.75) is 6.92 Å². The molecule has 3 N–H and O–H groups in total. The van der Waals surface area contributed by atoms with E-state index in [1.165, 1.54) is 0 Å². The van der Waals surface area contributed by atoms with Gasteiger partial charge in [-0.25, -0.2) is 0 Å². The average Bonchev–Trinajstić information content (AvgIpc) is 2.22. The summed E-state index contributed by atoms with van der Waals surface area (Å²) >= 11 is 0. The third kappa shape index (κ3) is 8.53. The van der Waals surface area contributed by atoms with Crippen LogP contribution in [-0.4, -0.2) is 41.3 Å². The molecule has 0 saturated heterocycles. The van der Waals surface area contributed by atoms with E-state index in [4.69, 9.17) is 10.2 Å². The average molecular weight is 277 g/mol. The van der Waals surface area contributed by atoms with Crippen LogP contribution >= 0.6 is 0 Å². The van der Waals surface area contributed by atoms with Crippen molar-refractivity contribution in [3.05, 3.63) is 29.8 Å². The minimum Gasteiger partial charge on any atom is -0.507 e. The van der Waals surface area contributed by atoms with Crippen molar-refractivity contribution < 1.29 is 34.8 Å². The Balaban J connectivity index is 0. The Hall–Kier alpha value is -0.767. The number of aromatic hydroxyl groups is 1. The molecule has 4 nitrogen and oxygen atoms in total. The van der Waals surface area contributed by atoms with Crippen LogP contribution in [0.1, 0.15) is 12.5 Å². The van der Waals surface area contributed by atoms with Crippen LogP contribution in [-0.2, 0) is 19.5 Å². The van der Waals surface area contributed by atoms with Crippen molar-refractivity contribution in [3.8, 4) is 5.75 Å². The largest absolute Gasteiger partial charge is 0.507 e. The molecule has 0 atom stereocenters. The van der Waals surface area contributed by atoms with Gasteiger partial charge in [-0.15, -0.1) is 0 Å². The SMILES string of the molecule is CCO.OCCN=Cc1ccccc1O.[Zn]. The normalized spacial score (nSPS) is 9.19. The van der Waals surface area contributed by atoms with E-state index in [0.717, 1.165) is 0 Å². The Kier molecular flexibility index (Phi) is 13.6. The molecule has 0 unspecified atom stereocenters. The van der Waals surface area contributed by atoms with E-state index in [1.807, 2.05) is 6.07 Å². The Labute approximate surface area is 108 Å². The van der Waals surface area contributed by atoms with E-state index < -0.39 is 0 Å². The predicted octanol–water partition coefficient (Wildman–Crippen LogP) is 0.800. The topological polar surface area (TPSA) is 73.0 Å². The predicted molar refractivity (Wildman–Crippen MR) is 60.4 cm³/mol. The van der Waals surface area contributed by atoms with Crippen molar-refractivity contribution in [1.29, 1.82) is 0 Å². The molecule has 0 bridgehead atoms. The number of phenols is 1. The zero-order chi connectivity index (χ0) is 11.5. The van der Waals surface area contributed by atoms with Gasteiger partial charge in [0.15, 0.2) is 0 Å². The third-order valence-corrected chi connectivity index (χ3v) is 1.40. The number of nitrogens with zero attached hydrogens (tertiary/aromatic N) is 1. The summed E-state index contributed by atoms with van der Waals surface area (Å²) < 4.78 is 0. The molecule has 0 aliphatic heterocycles. The van der Waals surface area contributed by atoms with E-state index in [9.17, 15) is 5.11 Å². The molecule has 0 amide bonds. The van der Waals surface area contributed by atoms with Crippen molar-refractivity contribution in [3.63, 3.8) is 0 Å². The number of hydrogen-bond donors (Lipinski definition) is 3. The van der Waals surface area contributed by atoms with Gasteiger partial charge in [0.1, 0.15) is 5.75 Å². The second kappa shape index (κ2) is 12.3. The summed E-state index contributed by atoms with van der Waals surface area (Å²) in [6, 6.07) is 6.93. The number of hydrogen-bond acceptors (Lipinski definition) is 4. The number of rotatable bonds is 3. The summed E-state index contributed by atoms with van der Waals surface area (Å²) in [6.07, 6.45) is 1.55. The summed E-state index contributed by atoms with van der Waals surface area (Å²) in [4.78, 5) is 3.89. The first-order chi connectivity index (χ1) is 7.26. The van der Waals surface area contributed by atoms with Gasteiger partial charge in [0.25, 0.3) is 0 Å². The second-order valence-corrected chi connectivity index (χ2v) is 2.63. The van der Waals surface area contributed by atoms with Gasteiger partial charge in [0.2, 0.25) is 0 Å². The molecule has 0 aliphatic carbocycles. The summed E-state index contributed by atoms with van der Waals surface area (Å²) in [6.45, 7) is 2.33. The van der Waals surface area contributed by atoms with Gasteiger partial charge >= 0.3 is 0 Å². The smallest absolute Gasteiger partial charge is 0.124 e. The number of aliphatic hydroxyl groups is 2. The minimum atomic E-state index is 0. The fourth-order valence-corrected chi connectivity index (χ4v) is 0.817. The summed E-state index contributed by atoms with van der Waals surface area (Å²) in [5.74, 6) is 0.208. The first-order valence-corrected chi connectivity index (χ1v) is 4.75. The van der Waals surface area contributed by atoms with Crippen molar-refractivity contribution in [2.24, 2.45) is 4.99 Å². The summed E-state index contributed by atoms with van der Waals surface area (Å²) in [5.41, 5.74) is 0.672. The molecule has 0 fully saturated rings. The van der Waals surface area contributed by atoms with E-state index in [2.05, 4.69) is 4.99 Å². The molecule has 0 aromatic heterocycles. The third-order valence-electron chi connectivity index (χ3n) is 1.40. The van der Waals surface area contributed by atoms with Gasteiger partial charge in [-0.2, -0.15) is 0 Å². The molecule has 1 aromatic rings. The van der Waals surface area contributed by atoms with Crippen LogP contribution in [0.4, 0.5) is 0 Å².